The first kappa shape index (κ1) is 10.0. The van der Waals surface area contributed by atoms with Gasteiger partial charge in [0.1, 0.15) is 11.5 Å². The average molecular weight is 203 g/mol. The predicted molar refractivity (Wildman–Crippen MR) is 48.5 cm³/mol. The van der Waals surface area contributed by atoms with Crippen LogP contribution in [0.15, 0.2) is 0 Å². The van der Waals surface area contributed by atoms with Crippen LogP contribution in [0.1, 0.15) is 19.7 Å². The standard InChI is InChI=1S/C7H10FN3OS/c1-7(2,8)3-5-10-6(9-4-12)13-11-5/h4H,3H2,1-2H3,(H,9,10,11,12). The second-order valence-corrected chi connectivity index (χ2v) is 3.93. The third-order valence-corrected chi connectivity index (χ3v) is 1.91. The van der Waals surface area contributed by atoms with Gasteiger partial charge in [0.05, 0.1) is 0 Å². The van der Waals surface area contributed by atoms with E-state index in [0.717, 1.165) is 11.5 Å². The lowest BCUT2D eigenvalue weighted by atomic mass is 10.1. The van der Waals surface area contributed by atoms with Crippen molar-refractivity contribution in [2.24, 2.45) is 0 Å². The van der Waals surface area contributed by atoms with Crippen molar-refractivity contribution in [3.05, 3.63) is 5.82 Å². The molecule has 1 N–H and O–H groups in total. The van der Waals surface area contributed by atoms with Gasteiger partial charge in [-0.3, -0.25) is 4.79 Å². The number of carbonyl (C=O) groups is 1. The molecule has 72 valence electrons. The van der Waals surface area contributed by atoms with Crippen molar-refractivity contribution in [3.63, 3.8) is 0 Å². The number of hydrogen-bond donors (Lipinski definition) is 1. The Bertz CT molecular complexity index is 294. The molecule has 1 rings (SSSR count). The first-order valence-electron chi connectivity index (χ1n) is 3.73. The van der Waals surface area contributed by atoms with Crippen LogP contribution in [0.25, 0.3) is 0 Å². The van der Waals surface area contributed by atoms with Crippen LogP contribution in [0, 0.1) is 0 Å². The van der Waals surface area contributed by atoms with Gasteiger partial charge in [-0.25, -0.2) is 9.37 Å². The summed E-state index contributed by atoms with van der Waals surface area (Å²) in [6.07, 6.45) is 0.676. The maximum Gasteiger partial charge on any atom is 0.213 e. The van der Waals surface area contributed by atoms with E-state index in [4.69, 9.17) is 0 Å². The molecule has 1 amide bonds. The Labute approximate surface area is 79.4 Å². The SMILES string of the molecule is CC(C)(F)Cc1nsc(NC=O)n1. The number of anilines is 1. The molecular formula is C7H10FN3OS. The molecule has 0 saturated carbocycles. The molecule has 13 heavy (non-hydrogen) atoms. The zero-order chi connectivity index (χ0) is 9.90. The van der Waals surface area contributed by atoms with E-state index < -0.39 is 5.67 Å². The summed E-state index contributed by atoms with van der Waals surface area (Å²) in [7, 11) is 0. The molecule has 0 bridgehead atoms. The Kier molecular flexibility index (Phi) is 2.92. The molecule has 0 radical (unpaired) electrons. The number of hydrogen-bond acceptors (Lipinski definition) is 4. The number of halogens is 1. The number of alkyl halides is 1. The number of rotatable bonds is 4. The highest BCUT2D eigenvalue weighted by Crippen LogP contribution is 2.17. The minimum absolute atomic E-state index is 0.157. The van der Waals surface area contributed by atoms with Crippen molar-refractivity contribution < 1.29 is 9.18 Å². The quantitative estimate of drug-likeness (QED) is 0.752. The number of nitrogens with zero attached hydrogens (tertiary/aromatic N) is 2. The molecule has 0 saturated heterocycles. The zero-order valence-corrected chi connectivity index (χ0v) is 8.19. The summed E-state index contributed by atoms with van der Waals surface area (Å²) >= 11 is 1.04. The Morgan fingerprint density at radius 2 is 2.38 bits per heavy atom. The lowest BCUT2D eigenvalue weighted by molar-refractivity contribution is -0.105. The summed E-state index contributed by atoms with van der Waals surface area (Å²) in [5.74, 6) is 0.418. The fourth-order valence-electron chi connectivity index (χ4n) is 0.811. The number of aromatic nitrogens is 2. The molecule has 0 spiro atoms. The second-order valence-electron chi connectivity index (χ2n) is 3.17. The van der Waals surface area contributed by atoms with Crippen LogP contribution in [0.2, 0.25) is 0 Å². The first-order valence-corrected chi connectivity index (χ1v) is 4.50. The van der Waals surface area contributed by atoms with E-state index in [1.807, 2.05) is 0 Å². The van der Waals surface area contributed by atoms with E-state index >= 15 is 0 Å². The molecule has 0 fully saturated rings. The lowest BCUT2D eigenvalue weighted by Crippen LogP contribution is -2.16. The summed E-state index contributed by atoms with van der Waals surface area (Å²) in [5.41, 5.74) is -1.32. The first-order chi connectivity index (χ1) is 6.01. The van der Waals surface area contributed by atoms with Gasteiger partial charge in [0.2, 0.25) is 11.5 Å². The van der Waals surface area contributed by atoms with Crippen LogP contribution >= 0.6 is 11.5 Å². The largest absolute Gasteiger partial charge is 0.303 e. The van der Waals surface area contributed by atoms with Crippen LogP contribution < -0.4 is 5.32 Å². The highest BCUT2D eigenvalue weighted by Gasteiger charge is 2.19. The van der Waals surface area contributed by atoms with Gasteiger partial charge in [0, 0.05) is 18.0 Å². The maximum atomic E-state index is 13.1. The van der Waals surface area contributed by atoms with Gasteiger partial charge < -0.3 is 5.32 Å². The normalized spacial score (nSPS) is 11.3. The Balaban J connectivity index is 2.63. The Morgan fingerprint density at radius 1 is 1.69 bits per heavy atom. The molecule has 1 aromatic rings. The zero-order valence-electron chi connectivity index (χ0n) is 7.37. The fourth-order valence-corrected chi connectivity index (χ4v) is 1.36. The van der Waals surface area contributed by atoms with Crippen LogP contribution in [0.3, 0.4) is 0 Å². The molecule has 6 heteroatoms. The van der Waals surface area contributed by atoms with E-state index in [2.05, 4.69) is 14.7 Å². The topological polar surface area (TPSA) is 54.9 Å². The summed E-state index contributed by atoms with van der Waals surface area (Å²) in [6, 6.07) is 0. The molecule has 0 aliphatic carbocycles. The van der Waals surface area contributed by atoms with E-state index in [1.54, 1.807) is 0 Å². The predicted octanol–water partition coefficient (Wildman–Crippen LogP) is 1.40. The molecule has 0 aliphatic heterocycles. The van der Waals surface area contributed by atoms with Crippen molar-refractivity contribution in [1.29, 1.82) is 0 Å². The minimum Gasteiger partial charge on any atom is -0.303 e. The molecule has 0 unspecified atom stereocenters. The summed E-state index contributed by atoms with van der Waals surface area (Å²) in [4.78, 5) is 13.9. The van der Waals surface area contributed by atoms with Crippen LogP contribution in [0.4, 0.5) is 9.52 Å². The number of nitrogens with one attached hydrogen (secondary N) is 1. The summed E-state index contributed by atoms with van der Waals surface area (Å²) in [5, 5.41) is 2.75. The van der Waals surface area contributed by atoms with E-state index in [-0.39, 0.29) is 6.42 Å². The molecule has 0 aromatic carbocycles. The summed E-state index contributed by atoms with van der Waals surface area (Å²) in [6.45, 7) is 2.92. The van der Waals surface area contributed by atoms with Gasteiger partial charge in [0.25, 0.3) is 0 Å². The van der Waals surface area contributed by atoms with Gasteiger partial charge in [-0.2, -0.15) is 4.37 Å². The Morgan fingerprint density at radius 3 is 2.92 bits per heavy atom. The third kappa shape index (κ3) is 3.45. The minimum atomic E-state index is -1.32. The van der Waals surface area contributed by atoms with E-state index in [9.17, 15) is 9.18 Å². The molecular weight excluding hydrogens is 193 g/mol. The molecule has 1 aromatic heterocycles. The van der Waals surface area contributed by atoms with Crippen molar-refractivity contribution >= 4 is 23.1 Å². The summed E-state index contributed by atoms with van der Waals surface area (Å²) < 4.78 is 17.0. The van der Waals surface area contributed by atoms with Crippen LogP contribution in [-0.2, 0) is 11.2 Å². The van der Waals surface area contributed by atoms with Gasteiger partial charge in [0.15, 0.2) is 0 Å². The monoisotopic (exact) mass is 203 g/mol. The van der Waals surface area contributed by atoms with Gasteiger partial charge in [-0.15, -0.1) is 0 Å². The molecule has 4 nitrogen and oxygen atoms in total. The smallest absolute Gasteiger partial charge is 0.213 e. The maximum absolute atomic E-state index is 13.1. The number of amides is 1. The second kappa shape index (κ2) is 3.78. The average Bonchev–Trinajstić information content (AvgIpc) is 2.33. The molecule has 1 heterocycles. The van der Waals surface area contributed by atoms with E-state index in [0.29, 0.717) is 17.4 Å². The van der Waals surface area contributed by atoms with Crippen LogP contribution in [0.5, 0.6) is 0 Å². The van der Waals surface area contributed by atoms with Gasteiger partial charge in [-0.1, -0.05) is 0 Å². The fraction of sp³-hybridized carbons (Fsp3) is 0.571. The highest BCUT2D eigenvalue weighted by molar-refractivity contribution is 7.09. The van der Waals surface area contributed by atoms with Gasteiger partial charge in [-0.05, 0) is 13.8 Å². The lowest BCUT2D eigenvalue weighted by Gasteiger charge is -2.09. The van der Waals surface area contributed by atoms with E-state index in [1.165, 1.54) is 13.8 Å². The Hall–Kier alpha value is -1.04. The van der Waals surface area contributed by atoms with Crippen molar-refractivity contribution in [3.8, 4) is 0 Å². The van der Waals surface area contributed by atoms with Crippen molar-refractivity contribution in [1.82, 2.24) is 9.36 Å². The van der Waals surface area contributed by atoms with Crippen molar-refractivity contribution in [2.75, 3.05) is 5.32 Å². The third-order valence-electron chi connectivity index (χ3n) is 1.23. The molecule has 0 aliphatic rings. The molecule has 0 atom stereocenters. The van der Waals surface area contributed by atoms with Crippen molar-refractivity contribution in [2.45, 2.75) is 25.9 Å². The highest BCUT2D eigenvalue weighted by atomic mass is 32.1. The number of carbonyl (C=O) groups excluding carboxylic acids is 1. The van der Waals surface area contributed by atoms with Crippen LogP contribution in [-0.4, -0.2) is 21.4 Å². The van der Waals surface area contributed by atoms with Gasteiger partial charge >= 0.3 is 0 Å².